The highest BCUT2D eigenvalue weighted by atomic mass is 32.1. The first-order valence-electron chi connectivity index (χ1n) is 11.5. The second kappa shape index (κ2) is 11.1. The molecule has 3 aromatic heterocycles. The second-order valence-corrected chi connectivity index (χ2v) is 9.93. The summed E-state index contributed by atoms with van der Waals surface area (Å²) in [5.74, 6) is -0.241. The average molecular weight is 510 g/mol. The van der Waals surface area contributed by atoms with E-state index in [4.69, 9.17) is 0 Å². The summed E-state index contributed by atoms with van der Waals surface area (Å²) in [5, 5.41) is 13.2. The summed E-state index contributed by atoms with van der Waals surface area (Å²) in [6.07, 6.45) is 4.04. The van der Waals surface area contributed by atoms with Crippen molar-refractivity contribution in [3.8, 4) is 0 Å². The van der Waals surface area contributed by atoms with Gasteiger partial charge in [-0.25, -0.2) is 14.4 Å². The Morgan fingerprint density at radius 3 is 2.64 bits per heavy atom. The topological polar surface area (TPSA) is 100 Å². The van der Waals surface area contributed by atoms with Crippen molar-refractivity contribution < 1.29 is 14.3 Å². The monoisotopic (exact) mass is 509 g/mol. The maximum absolute atomic E-state index is 13.2. The number of hydrogen-bond acceptors (Lipinski definition) is 7. The Morgan fingerprint density at radius 1 is 1.25 bits per heavy atom. The standard InChI is InChI=1S/C26H28FN5O3S/c1-16-21(15-31(2)14-20(33)26-28-9-4-10-29-26)36-25-23(16)32(3)13-18(24(25)35)11-22(34)30-12-17-5-7-19(27)8-6-17/h4-10,13,20,33H,11-12,14-15H2,1-3H3,(H,30,34). The van der Waals surface area contributed by atoms with Crippen molar-refractivity contribution in [3.63, 3.8) is 0 Å². The number of fused-ring (bicyclic) bond motifs is 1. The Labute approximate surface area is 212 Å². The fourth-order valence-corrected chi connectivity index (χ4v) is 5.51. The van der Waals surface area contributed by atoms with Gasteiger partial charge in [0, 0.05) is 55.7 Å². The molecule has 0 aliphatic heterocycles. The number of carbonyl (C=O) groups is 1. The quantitative estimate of drug-likeness (QED) is 0.360. The van der Waals surface area contributed by atoms with E-state index in [9.17, 15) is 19.1 Å². The number of amides is 1. The molecule has 0 aliphatic rings. The molecule has 4 aromatic rings. The highest BCUT2D eigenvalue weighted by Gasteiger charge is 2.20. The van der Waals surface area contributed by atoms with Crippen molar-refractivity contribution in [2.45, 2.75) is 32.5 Å². The molecule has 0 bridgehead atoms. The predicted molar refractivity (Wildman–Crippen MR) is 137 cm³/mol. The lowest BCUT2D eigenvalue weighted by Gasteiger charge is -2.19. The molecule has 3 heterocycles. The number of carbonyl (C=O) groups excluding carboxylic acids is 1. The maximum Gasteiger partial charge on any atom is 0.224 e. The summed E-state index contributed by atoms with van der Waals surface area (Å²) in [6.45, 7) is 3.12. The number of rotatable bonds is 9. The van der Waals surface area contributed by atoms with Gasteiger partial charge in [0.1, 0.15) is 11.9 Å². The van der Waals surface area contributed by atoms with Crippen LogP contribution >= 0.6 is 11.3 Å². The molecule has 0 radical (unpaired) electrons. The molecule has 1 amide bonds. The molecule has 0 aliphatic carbocycles. The number of aromatic nitrogens is 3. The molecule has 0 fully saturated rings. The number of likely N-dealkylation sites (N-methyl/N-ethyl adjacent to an activating group) is 1. The summed E-state index contributed by atoms with van der Waals surface area (Å²) >= 11 is 1.41. The van der Waals surface area contributed by atoms with Gasteiger partial charge in [-0.2, -0.15) is 0 Å². The predicted octanol–water partition coefficient (Wildman–Crippen LogP) is 2.86. The molecule has 1 aromatic carbocycles. The maximum atomic E-state index is 13.2. The van der Waals surface area contributed by atoms with E-state index < -0.39 is 6.10 Å². The molecule has 0 saturated heterocycles. The van der Waals surface area contributed by atoms with Gasteiger partial charge < -0.3 is 15.0 Å². The second-order valence-electron chi connectivity index (χ2n) is 8.82. The van der Waals surface area contributed by atoms with Crippen LogP contribution in [0.2, 0.25) is 0 Å². The van der Waals surface area contributed by atoms with Crippen LogP contribution < -0.4 is 10.7 Å². The van der Waals surface area contributed by atoms with Crippen LogP contribution in [0.4, 0.5) is 4.39 Å². The van der Waals surface area contributed by atoms with Crippen molar-refractivity contribution in [2.24, 2.45) is 7.05 Å². The van der Waals surface area contributed by atoms with Crippen molar-refractivity contribution in [2.75, 3.05) is 13.6 Å². The number of thiophene rings is 1. The van der Waals surface area contributed by atoms with E-state index in [1.54, 1.807) is 36.8 Å². The molecule has 0 saturated carbocycles. The number of aryl methyl sites for hydroxylation is 2. The first-order chi connectivity index (χ1) is 17.2. The van der Waals surface area contributed by atoms with E-state index in [1.165, 1.54) is 23.5 Å². The van der Waals surface area contributed by atoms with Crippen molar-refractivity contribution >= 4 is 27.5 Å². The Morgan fingerprint density at radius 2 is 1.94 bits per heavy atom. The number of benzene rings is 1. The average Bonchev–Trinajstić information content (AvgIpc) is 3.18. The lowest BCUT2D eigenvalue weighted by atomic mass is 10.1. The van der Waals surface area contributed by atoms with E-state index in [1.807, 2.05) is 30.5 Å². The zero-order chi connectivity index (χ0) is 25.8. The molecule has 36 heavy (non-hydrogen) atoms. The van der Waals surface area contributed by atoms with Gasteiger partial charge in [-0.05, 0) is 43.3 Å². The molecular formula is C26H28FN5O3S. The number of aliphatic hydroxyl groups is 1. The Hall–Kier alpha value is -3.47. The number of pyridine rings is 1. The molecule has 188 valence electrons. The largest absolute Gasteiger partial charge is 0.384 e. The summed E-state index contributed by atoms with van der Waals surface area (Å²) < 4.78 is 15.6. The zero-order valence-electron chi connectivity index (χ0n) is 20.4. The normalized spacial score (nSPS) is 12.3. The molecule has 0 spiro atoms. The first kappa shape index (κ1) is 25.6. The summed E-state index contributed by atoms with van der Waals surface area (Å²) in [6, 6.07) is 7.61. The summed E-state index contributed by atoms with van der Waals surface area (Å²) in [7, 11) is 3.76. The number of nitrogens with zero attached hydrogens (tertiary/aromatic N) is 4. The van der Waals surface area contributed by atoms with Crippen LogP contribution in [0.3, 0.4) is 0 Å². The Balaban J connectivity index is 1.47. The van der Waals surface area contributed by atoms with Crippen LogP contribution in [0.15, 0.2) is 53.7 Å². The molecule has 1 unspecified atom stereocenters. The van der Waals surface area contributed by atoms with E-state index in [2.05, 4.69) is 15.3 Å². The number of halogens is 1. The molecular weight excluding hydrogens is 481 g/mol. The third-order valence-electron chi connectivity index (χ3n) is 5.95. The number of hydrogen-bond donors (Lipinski definition) is 2. The molecule has 2 N–H and O–H groups in total. The lowest BCUT2D eigenvalue weighted by molar-refractivity contribution is -0.120. The van der Waals surface area contributed by atoms with Crippen LogP contribution in [0, 0.1) is 12.7 Å². The van der Waals surface area contributed by atoms with Crippen molar-refractivity contribution in [1.29, 1.82) is 0 Å². The van der Waals surface area contributed by atoms with Crippen LogP contribution in [0.25, 0.3) is 10.2 Å². The van der Waals surface area contributed by atoms with Crippen molar-refractivity contribution in [3.05, 3.63) is 92.4 Å². The Bertz CT molecular complexity index is 1420. The molecule has 4 rings (SSSR count). The van der Waals surface area contributed by atoms with Crippen LogP contribution in [-0.2, 0) is 31.4 Å². The summed E-state index contributed by atoms with van der Waals surface area (Å²) in [5.41, 5.74) is 2.88. The summed E-state index contributed by atoms with van der Waals surface area (Å²) in [4.78, 5) is 37.0. The lowest BCUT2D eigenvalue weighted by Crippen LogP contribution is -2.27. The third kappa shape index (κ3) is 5.84. The smallest absolute Gasteiger partial charge is 0.224 e. The van der Waals surface area contributed by atoms with Crippen LogP contribution in [0.5, 0.6) is 0 Å². The molecule has 8 nitrogen and oxygen atoms in total. The molecule has 10 heteroatoms. The highest BCUT2D eigenvalue weighted by Crippen LogP contribution is 2.30. The van der Waals surface area contributed by atoms with Crippen LogP contribution in [-0.4, -0.2) is 44.0 Å². The number of nitrogens with one attached hydrogen (secondary N) is 1. The fraction of sp³-hybridized carbons (Fsp3) is 0.308. The van der Waals surface area contributed by atoms with Gasteiger partial charge in [0.15, 0.2) is 5.82 Å². The van der Waals surface area contributed by atoms with E-state index >= 15 is 0 Å². The van der Waals surface area contributed by atoms with Gasteiger partial charge in [-0.1, -0.05) is 12.1 Å². The first-order valence-corrected chi connectivity index (χ1v) is 12.3. The van der Waals surface area contributed by atoms with Gasteiger partial charge >= 0.3 is 0 Å². The van der Waals surface area contributed by atoms with Gasteiger partial charge in [0.25, 0.3) is 0 Å². The molecule has 1 atom stereocenters. The number of aliphatic hydroxyl groups excluding tert-OH is 1. The van der Waals surface area contributed by atoms with Gasteiger partial charge in [-0.15, -0.1) is 11.3 Å². The van der Waals surface area contributed by atoms with Gasteiger partial charge in [0.2, 0.25) is 11.3 Å². The zero-order valence-corrected chi connectivity index (χ0v) is 21.2. The SMILES string of the molecule is Cc1c(CN(C)CC(O)c2ncccn2)sc2c(=O)c(CC(=O)NCc3ccc(F)cc3)cn(C)c12. The van der Waals surface area contributed by atoms with E-state index in [0.717, 1.165) is 21.5 Å². The Kier molecular flexibility index (Phi) is 7.88. The fourth-order valence-electron chi connectivity index (χ4n) is 4.12. The van der Waals surface area contributed by atoms with E-state index in [-0.39, 0.29) is 30.1 Å². The van der Waals surface area contributed by atoms with Crippen LogP contribution in [0.1, 0.15) is 33.5 Å². The minimum atomic E-state index is -0.822. The van der Waals surface area contributed by atoms with Crippen molar-refractivity contribution in [1.82, 2.24) is 24.8 Å². The van der Waals surface area contributed by atoms with E-state index in [0.29, 0.717) is 29.2 Å². The highest BCUT2D eigenvalue weighted by molar-refractivity contribution is 7.19. The third-order valence-corrected chi connectivity index (χ3v) is 7.21. The minimum Gasteiger partial charge on any atom is -0.384 e. The van der Waals surface area contributed by atoms with Gasteiger partial charge in [0.05, 0.1) is 16.6 Å². The minimum absolute atomic E-state index is 0.0424. The van der Waals surface area contributed by atoms with Gasteiger partial charge in [-0.3, -0.25) is 14.5 Å².